The Morgan fingerprint density at radius 1 is 0.755 bits per heavy atom. The second-order valence-corrected chi connectivity index (χ2v) is 17.4. The van der Waals surface area contributed by atoms with Crippen LogP contribution in [0.2, 0.25) is 0 Å². The van der Waals surface area contributed by atoms with E-state index >= 15 is 0 Å². The van der Waals surface area contributed by atoms with Crippen molar-refractivity contribution < 1.29 is 67.2 Å². The van der Waals surface area contributed by atoms with Crippen LogP contribution in [0.5, 0.6) is 0 Å². The second kappa shape index (κ2) is 14.0. The summed E-state index contributed by atoms with van der Waals surface area (Å²) < 4.78 is 55.8. The summed E-state index contributed by atoms with van der Waals surface area (Å²) in [4.78, 5) is 38.6. The molecule has 0 radical (unpaired) electrons. The average Bonchev–Trinajstić information content (AvgIpc) is 3.63. The molecule has 300 valence electrons. The van der Waals surface area contributed by atoms with E-state index in [2.05, 4.69) is 6.92 Å². The molecule has 7 aliphatic rings. The van der Waals surface area contributed by atoms with Gasteiger partial charge in [0.05, 0.1) is 24.4 Å². The van der Waals surface area contributed by atoms with E-state index in [0.717, 1.165) is 32.1 Å². The summed E-state index contributed by atoms with van der Waals surface area (Å²) in [7, 11) is 3.03. The van der Waals surface area contributed by atoms with Crippen LogP contribution in [-0.4, -0.2) is 127 Å². The summed E-state index contributed by atoms with van der Waals surface area (Å²) in [5.41, 5.74) is -2.37. The molecule has 2 spiro atoms. The third kappa shape index (κ3) is 5.95. The van der Waals surface area contributed by atoms with Crippen molar-refractivity contribution in [3.8, 4) is 0 Å². The lowest BCUT2D eigenvalue weighted by atomic mass is 9.43. The van der Waals surface area contributed by atoms with Crippen molar-refractivity contribution in [3.05, 3.63) is 0 Å². The number of esters is 2. The van der Waals surface area contributed by atoms with E-state index in [-0.39, 0.29) is 35.1 Å². The molecule has 7 rings (SSSR count). The van der Waals surface area contributed by atoms with Gasteiger partial charge in [0, 0.05) is 51.7 Å². The molecular formula is C39H60O14. The van der Waals surface area contributed by atoms with Crippen LogP contribution in [0.1, 0.15) is 99.8 Å². The molecule has 14 nitrogen and oxygen atoms in total. The van der Waals surface area contributed by atoms with E-state index in [0.29, 0.717) is 19.3 Å². The van der Waals surface area contributed by atoms with Gasteiger partial charge >= 0.3 is 11.9 Å². The molecule has 7 fully saturated rings. The Morgan fingerprint density at radius 3 is 2.11 bits per heavy atom. The normalized spacial score (nSPS) is 53.0. The number of carbonyl (C=O) groups excluding carboxylic acids is 3. The highest BCUT2D eigenvalue weighted by Crippen LogP contribution is 2.81. The number of rotatable bonds is 9. The Bertz CT molecular complexity index is 1430. The number of carbonyl (C=O) groups is 3. The molecule has 4 aliphatic carbocycles. The summed E-state index contributed by atoms with van der Waals surface area (Å²) in [6.45, 7) is 12.2. The first-order valence-corrected chi connectivity index (χ1v) is 19.6. The summed E-state index contributed by atoms with van der Waals surface area (Å²) in [6, 6.07) is 0. The van der Waals surface area contributed by atoms with E-state index in [1.807, 2.05) is 13.8 Å². The maximum Gasteiger partial charge on any atom is 0.303 e. The van der Waals surface area contributed by atoms with E-state index in [1.54, 1.807) is 21.0 Å². The van der Waals surface area contributed by atoms with Crippen molar-refractivity contribution in [2.75, 3.05) is 14.2 Å². The number of methoxy groups -OCH3 is 2. The van der Waals surface area contributed by atoms with Gasteiger partial charge in [-0.3, -0.25) is 14.4 Å². The Balaban J connectivity index is 1.07. The zero-order valence-electron chi connectivity index (χ0n) is 32.6. The number of ketones is 1. The molecule has 3 saturated heterocycles. The van der Waals surface area contributed by atoms with Crippen LogP contribution in [0, 0.1) is 28.6 Å². The van der Waals surface area contributed by atoms with Gasteiger partial charge in [0.1, 0.15) is 53.6 Å². The molecule has 14 heteroatoms. The van der Waals surface area contributed by atoms with E-state index < -0.39 is 96.1 Å². The van der Waals surface area contributed by atoms with Crippen molar-refractivity contribution >= 4 is 17.7 Å². The predicted molar refractivity (Wildman–Crippen MR) is 184 cm³/mol. The number of Topliss-reactive ketones (excluding diaryl/α,β-unsaturated/α-hetero) is 1. The zero-order valence-corrected chi connectivity index (χ0v) is 32.6. The third-order valence-corrected chi connectivity index (χ3v) is 14.9. The maximum atomic E-state index is 13.1. The highest BCUT2D eigenvalue weighted by molar-refractivity contribution is 5.81. The minimum absolute atomic E-state index is 0.0340. The lowest BCUT2D eigenvalue weighted by Crippen LogP contribution is -2.70. The smallest absolute Gasteiger partial charge is 0.303 e. The quantitative estimate of drug-likeness (QED) is 0.200. The lowest BCUT2D eigenvalue weighted by molar-refractivity contribution is -0.343. The van der Waals surface area contributed by atoms with Crippen molar-refractivity contribution in [1.29, 1.82) is 0 Å². The average molecular weight is 753 g/mol. The number of aliphatic hydroxyl groups is 2. The molecule has 3 heterocycles. The van der Waals surface area contributed by atoms with Crippen molar-refractivity contribution in [3.63, 3.8) is 0 Å². The van der Waals surface area contributed by atoms with Crippen LogP contribution in [0.3, 0.4) is 0 Å². The Labute approximate surface area is 312 Å². The summed E-state index contributed by atoms with van der Waals surface area (Å²) in [6.07, 6.45) is -2.79. The molecule has 0 aromatic rings. The minimum Gasteiger partial charge on any atom is -0.458 e. The molecule has 4 saturated carbocycles. The lowest BCUT2D eigenvalue weighted by Gasteiger charge is -2.61. The van der Waals surface area contributed by atoms with Crippen molar-refractivity contribution in [1.82, 2.24) is 0 Å². The third-order valence-electron chi connectivity index (χ3n) is 14.9. The van der Waals surface area contributed by atoms with Gasteiger partial charge in [0.25, 0.3) is 0 Å². The molecule has 2 N–H and O–H groups in total. The number of hydrogen-bond donors (Lipinski definition) is 2. The molecule has 0 bridgehead atoms. The van der Waals surface area contributed by atoms with Crippen molar-refractivity contribution in [2.24, 2.45) is 28.6 Å². The maximum absolute atomic E-state index is 13.1. The predicted octanol–water partition coefficient (Wildman–Crippen LogP) is 2.99. The topological polar surface area (TPSA) is 178 Å². The van der Waals surface area contributed by atoms with Gasteiger partial charge in [0.15, 0.2) is 12.6 Å². The molecule has 0 aromatic heterocycles. The van der Waals surface area contributed by atoms with Gasteiger partial charge in [-0.2, -0.15) is 0 Å². The van der Waals surface area contributed by atoms with Crippen LogP contribution in [-0.2, 0) is 57.0 Å². The van der Waals surface area contributed by atoms with E-state index in [1.165, 1.54) is 21.0 Å². The molecule has 0 amide bonds. The molecule has 0 unspecified atom stereocenters. The monoisotopic (exact) mass is 752 g/mol. The Morgan fingerprint density at radius 2 is 1.47 bits per heavy atom. The molecule has 0 aromatic carbocycles. The fraction of sp³-hybridized carbons (Fsp3) is 0.923. The van der Waals surface area contributed by atoms with Crippen molar-refractivity contribution in [2.45, 2.75) is 185 Å². The largest absolute Gasteiger partial charge is 0.458 e. The fourth-order valence-electron chi connectivity index (χ4n) is 12.5. The molecular weight excluding hydrogens is 692 g/mol. The summed E-state index contributed by atoms with van der Waals surface area (Å²) in [5, 5.41) is 21.3. The van der Waals surface area contributed by atoms with Crippen LogP contribution in [0.4, 0.5) is 0 Å². The van der Waals surface area contributed by atoms with Gasteiger partial charge in [-0.1, -0.05) is 13.8 Å². The van der Waals surface area contributed by atoms with Crippen LogP contribution < -0.4 is 0 Å². The number of epoxide rings is 1. The van der Waals surface area contributed by atoms with Crippen LogP contribution in [0.25, 0.3) is 0 Å². The molecule has 19 atom stereocenters. The minimum atomic E-state index is -1.21. The summed E-state index contributed by atoms with van der Waals surface area (Å²) >= 11 is 0. The second-order valence-electron chi connectivity index (χ2n) is 17.4. The standard InChI is InChI=1S/C39H60O14/c1-18(40)25-12-15-39-37(25,7)34(50-22(5)42)32(49-21(4)41)33-36(6)13-11-24(16-23(36)10-14-38(33,39)53-39)51-27-17-26(45-8)30(20(3)47-27)52-35-29(44)31(46-9)28(43)19(2)48-35/h19-20,23-35,43-44H,10-17H2,1-9H3/t19-,20-,23+,24+,25-,26-,27+,28-,29-,30-,31-,32+,33-,34-,35+,36+,37+,38+,39-/m1/s1. The first-order valence-electron chi connectivity index (χ1n) is 19.6. The number of aliphatic hydroxyl groups excluding tert-OH is 2. The SMILES string of the molecule is CO[C@H]1[C@@H](O)[C@H](O[C@@H]2[C@@H](C)O[C@@H](O[C@H]3CC[C@@]4(C)[C@@H](CC[C@@]56O[C@@]57CC[C@H](C(C)=O)[C@@]7(C)[C@H](OC(C)=O)[C@@H](OC(C)=O)[C@H]46)C3)C[C@H]2OC)O[C@H](C)[C@H]1O. The Kier molecular flexibility index (Phi) is 10.4. The van der Waals surface area contributed by atoms with Gasteiger partial charge in [0.2, 0.25) is 0 Å². The van der Waals surface area contributed by atoms with E-state index in [9.17, 15) is 24.6 Å². The van der Waals surface area contributed by atoms with Gasteiger partial charge in [-0.15, -0.1) is 0 Å². The zero-order chi connectivity index (χ0) is 38.4. The summed E-state index contributed by atoms with van der Waals surface area (Å²) in [5.74, 6) is -1.30. The first-order chi connectivity index (χ1) is 25.0. The number of ether oxygens (including phenoxy) is 9. The highest BCUT2D eigenvalue weighted by atomic mass is 16.7. The van der Waals surface area contributed by atoms with Crippen LogP contribution >= 0.6 is 0 Å². The van der Waals surface area contributed by atoms with Crippen LogP contribution in [0.15, 0.2) is 0 Å². The van der Waals surface area contributed by atoms with Gasteiger partial charge < -0.3 is 52.8 Å². The molecule has 3 aliphatic heterocycles. The van der Waals surface area contributed by atoms with Gasteiger partial charge in [-0.05, 0) is 77.0 Å². The Hall–Kier alpha value is -1.75. The molecule has 53 heavy (non-hydrogen) atoms. The van der Waals surface area contributed by atoms with Gasteiger partial charge in [-0.25, -0.2) is 0 Å². The number of fused-ring (bicyclic) bond motifs is 2. The first kappa shape index (κ1) is 39.5. The number of hydrogen-bond acceptors (Lipinski definition) is 14. The van der Waals surface area contributed by atoms with E-state index in [4.69, 9.17) is 42.6 Å². The highest BCUT2D eigenvalue weighted by Gasteiger charge is 2.91. The fourth-order valence-corrected chi connectivity index (χ4v) is 12.5.